The number of anilines is 1. The zero-order valence-corrected chi connectivity index (χ0v) is 21.5. The number of nitrogens with one attached hydrogen (secondary N) is 1. The van der Waals surface area contributed by atoms with Crippen LogP contribution in [0.1, 0.15) is 37.3 Å². The van der Waals surface area contributed by atoms with Crippen LogP contribution in [-0.2, 0) is 0 Å². The average Bonchev–Trinajstić information content (AvgIpc) is 3.61. The second kappa shape index (κ2) is 9.37. The highest BCUT2D eigenvalue weighted by Crippen LogP contribution is 2.43. The van der Waals surface area contributed by atoms with Crippen molar-refractivity contribution in [2.45, 2.75) is 32.0 Å². The number of fused-ring (bicyclic) bond motifs is 1. The Morgan fingerprint density at radius 3 is 2.53 bits per heavy atom. The largest absolute Gasteiger partial charge is 0.491 e. The predicted octanol–water partition coefficient (Wildman–Crippen LogP) is 6.45. The van der Waals surface area contributed by atoms with Gasteiger partial charge in [-0.25, -0.2) is 4.98 Å². The predicted molar refractivity (Wildman–Crippen MR) is 149 cm³/mol. The van der Waals surface area contributed by atoms with E-state index < -0.39 is 0 Å². The zero-order chi connectivity index (χ0) is 24.6. The molecule has 6 nitrogen and oxygen atoms in total. The van der Waals surface area contributed by atoms with Crippen molar-refractivity contribution >= 4 is 44.6 Å². The number of hydrogen-bond acceptors (Lipinski definition) is 5. The molecular weight excluding hydrogens is 486 g/mol. The molecule has 3 aromatic heterocycles. The van der Waals surface area contributed by atoms with Gasteiger partial charge in [-0.1, -0.05) is 29.5 Å². The van der Waals surface area contributed by atoms with Gasteiger partial charge < -0.3 is 15.0 Å². The third-order valence-electron chi connectivity index (χ3n) is 6.16. The number of ether oxygens (including phenoxy) is 1. The molecule has 0 saturated carbocycles. The van der Waals surface area contributed by atoms with Crippen LogP contribution in [0, 0.1) is 0 Å². The van der Waals surface area contributed by atoms with E-state index in [0.29, 0.717) is 5.11 Å². The van der Waals surface area contributed by atoms with Crippen molar-refractivity contribution in [2.24, 2.45) is 0 Å². The Labute approximate surface area is 219 Å². The first kappa shape index (κ1) is 22.7. The highest BCUT2D eigenvalue weighted by Gasteiger charge is 2.42. The molecule has 0 spiro atoms. The van der Waals surface area contributed by atoms with E-state index in [-0.39, 0.29) is 18.2 Å². The van der Waals surface area contributed by atoms with Crippen molar-refractivity contribution in [2.75, 3.05) is 4.90 Å². The van der Waals surface area contributed by atoms with Gasteiger partial charge in [0.05, 0.1) is 33.8 Å². The first-order valence-electron chi connectivity index (χ1n) is 11.9. The highest BCUT2D eigenvalue weighted by atomic mass is 32.1. The summed E-state index contributed by atoms with van der Waals surface area (Å²) in [5.41, 5.74) is 4.00. The molecule has 6 rings (SSSR count). The van der Waals surface area contributed by atoms with Gasteiger partial charge >= 0.3 is 0 Å². The van der Waals surface area contributed by atoms with E-state index in [2.05, 4.69) is 62.4 Å². The molecule has 1 fully saturated rings. The molecule has 5 aromatic rings. The van der Waals surface area contributed by atoms with E-state index in [9.17, 15) is 0 Å². The standard InChI is InChI=1S/C28H25N5OS2/c1-18(2)34-20-14-12-19(13-15-20)33-26(25(31-27(33)35)22-9-5-6-16-29-22)23-10-7-17-32(23)28-30-21-8-3-4-11-24(21)36-28/h3-18,25-26H,1-2H3,(H,31,35)/t25-,26+/m1/s1. The van der Waals surface area contributed by atoms with Crippen LogP contribution in [0.5, 0.6) is 5.75 Å². The van der Waals surface area contributed by atoms with Crippen LogP contribution in [-0.4, -0.2) is 25.8 Å². The lowest BCUT2D eigenvalue weighted by Crippen LogP contribution is -2.30. The van der Waals surface area contributed by atoms with Crippen LogP contribution in [0.25, 0.3) is 15.3 Å². The van der Waals surface area contributed by atoms with E-state index in [1.807, 2.05) is 62.5 Å². The van der Waals surface area contributed by atoms with Crippen molar-refractivity contribution in [3.63, 3.8) is 0 Å². The number of pyridine rings is 1. The molecule has 0 unspecified atom stereocenters. The van der Waals surface area contributed by atoms with E-state index in [4.69, 9.17) is 21.9 Å². The molecule has 0 radical (unpaired) electrons. The number of para-hydroxylation sites is 1. The summed E-state index contributed by atoms with van der Waals surface area (Å²) in [5, 5.41) is 5.13. The third kappa shape index (κ3) is 4.12. The van der Waals surface area contributed by atoms with Gasteiger partial charge in [0.2, 0.25) is 0 Å². The topological polar surface area (TPSA) is 55.2 Å². The number of thiazole rings is 1. The van der Waals surface area contributed by atoms with E-state index in [0.717, 1.165) is 38.2 Å². The van der Waals surface area contributed by atoms with Gasteiger partial charge in [-0.15, -0.1) is 0 Å². The molecule has 1 aliphatic heterocycles. The maximum Gasteiger partial charge on any atom is 0.194 e. The summed E-state index contributed by atoms with van der Waals surface area (Å²) in [6.07, 6.45) is 4.01. The van der Waals surface area contributed by atoms with E-state index in [1.165, 1.54) is 0 Å². The van der Waals surface area contributed by atoms with E-state index in [1.54, 1.807) is 11.3 Å². The van der Waals surface area contributed by atoms with Gasteiger partial charge in [0, 0.05) is 18.1 Å². The Morgan fingerprint density at radius 2 is 1.78 bits per heavy atom. The second-order valence-electron chi connectivity index (χ2n) is 8.92. The highest BCUT2D eigenvalue weighted by molar-refractivity contribution is 7.80. The Morgan fingerprint density at radius 1 is 0.972 bits per heavy atom. The van der Waals surface area contributed by atoms with E-state index >= 15 is 0 Å². The minimum atomic E-state index is -0.133. The summed E-state index contributed by atoms with van der Waals surface area (Å²) in [4.78, 5) is 11.8. The van der Waals surface area contributed by atoms with Crippen LogP contribution >= 0.6 is 23.6 Å². The Balaban J connectivity index is 1.46. The molecule has 36 heavy (non-hydrogen) atoms. The smallest absolute Gasteiger partial charge is 0.194 e. The molecule has 1 aliphatic rings. The Hall–Kier alpha value is -3.75. The van der Waals surface area contributed by atoms with Crippen molar-refractivity contribution in [1.29, 1.82) is 0 Å². The minimum absolute atomic E-state index is 0.115. The maximum absolute atomic E-state index is 5.90. The molecule has 180 valence electrons. The van der Waals surface area contributed by atoms with Crippen molar-refractivity contribution < 1.29 is 4.74 Å². The first-order valence-corrected chi connectivity index (χ1v) is 13.1. The van der Waals surface area contributed by atoms with Crippen LogP contribution in [0.15, 0.2) is 91.3 Å². The fourth-order valence-electron chi connectivity index (χ4n) is 4.66. The fourth-order valence-corrected chi connectivity index (χ4v) is 5.98. The molecule has 2 atom stereocenters. The zero-order valence-electron chi connectivity index (χ0n) is 19.9. The van der Waals surface area contributed by atoms with Crippen LogP contribution < -0.4 is 15.0 Å². The summed E-state index contributed by atoms with van der Waals surface area (Å²) < 4.78 is 9.20. The van der Waals surface area contributed by atoms with Gasteiger partial charge in [0.25, 0.3) is 0 Å². The molecule has 4 heterocycles. The lowest BCUT2D eigenvalue weighted by molar-refractivity contribution is 0.242. The average molecular weight is 512 g/mol. The quantitative estimate of drug-likeness (QED) is 0.265. The number of rotatable bonds is 6. The lowest BCUT2D eigenvalue weighted by atomic mass is 10.0. The molecular formula is C28H25N5OS2. The number of aromatic nitrogens is 3. The molecule has 1 saturated heterocycles. The maximum atomic E-state index is 5.90. The second-order valence-corrected chi connectivity index (χ2v) is 10.3. The number of thiocarbonyl (C=S) groups is 1. The normalized spacial score (nSPS) is 17.6. The summed E-state index contributed by atoms with van der Waals surface area (Å²) in [7, 11) is 0. The van der Waals surface area contributed by atoms with Crippen molar-refractivity contribution in [3.8, 4) is 10.9 Å². The van der Waals surface area contributed by atoms with Gasteiger partial charge in [-0.05, 0) is 86.7 Å². The van der Waals surface area contributed by atoms with Gasteiger partial charge in [-0.2, -0.15) is 0 Å². The monoisotopic (exact) mass is 511 g/mol. The van der Waals surface area contributed by atoms with Gasteiger partial charge in [-0.3, -0.25) is 9.55 Å². The lowest BCUT2D eigenvalue weighted by Gasteiger charge is -2.28. The molecule has 0 bridgehead atoms. The number of benzene rings is 2. The molecule has 2 aromatic carbocycles. The summed E-state index contributed by atoms with van der Waals surface area (Å²) in [5.74, 6) is 0.836. The Kier molecular flexibility index (Phi) is 5.91. The first-order chi connectivity index (χ1) is 17.6. The SMILES string of the molecule is CC(C)Oc1ccc(N2C(=S)N[C@H](c3ccccn3)[C@@H]2c2cccn2-c2nc3ccccc3s2)cc1. The fraction of sp³-hybridized carbons (Fsp3) is 0.179. The van der Waals surface area contributed by atoms with Crippen LogP contribution in [0.2, 0.25) is 0 Å². The van der Waals surface area contributed by atoms with Crippen LogP contribution in [0.4, 0.5) is 5.69 Å². The number of nitrogens with zero attached hydrogens (tertiary/aromatic N) is 4. The number of hydrogen-bond donors (Lipinski definition) is 1. The Bertz CT molecular complexity index is 1480. The summed E-state index contributed by atoms with van der Waals surface area (Å²) >= 11 is 7.58. The third-order valence-corrected chi connectivity index (χ3v) is 7.51. The van der Waals surface area contributed by atoms with Crippen molar-refractivity contribution in [3.05, 3.63) is 103 Å². The van der Waals surface area contributed by atoms with Gasteiger partial charge in [0.1, 0.15) is 11.8 Å². The molecule has 8 heteroatoms. The summed E-state index contributed by atoms with van der Waals surface area (Å²) in [6, 6.07) is 26.3. The van der Waals surface area contributed by atoms with Crippen molar-refractivity contribution in [1.82, 2.24) is 19.9 Å². The minimum Gasteiger partial charge on any atom is -0.491 e. The molecule has 1 N–H and O–H groups in total. The summed E-state index contributed by atoms with van der Waals surface area (Å²) in [6.45, 7) is 4.05. The molecule has 0 amide bonds. The molecule has 0 aliphatic carbocycles. The van der Waals surface area contributed by atoms with Crippen LogP contribution in [0.3, 0.4) is 0 Å². The van der Waals surface area contributed by atoms with Gasteiger partial charge in [0.15, 0.2) is 10.2 Å².